The lowest BCUT2D eigenvalue weighted by Crippen LogP contribution is -2.31. The van der Waals surface area contributed by atoms with Crippen LogP contribution in [0.5, 0.6) is 0 Å². The van der Waals surface area contributed by atoms with Crippen LogP contribution in [0, 0.1) is 0 Å². The molecule has 0 saturated carbocycles. The molecule has 1 aromatic carbocycles. The predicted octanol–water partition coefficient (Wildman–Crippen LogP) is 3.54. The summed E-state index contributed by atoms with van der Waals surface area (Å²) in [5, 5.41) is 6.54. The van der Waals surface area contributed by atoms with E-state index in [9.17, 15) is 0 Å². The highest BCUT2D eigenvalue weighted by atomic mass is 32.1. The first-order valence-corrected chi connectivity index (χ1v) is 7.03. The van der Waals surface area contributed by atoms with Crippen molar-refractivity contribution in [1.82, 2.24) is 4.98 Å². The summed E-state index contributed by atoms with van der Waals surface area (Å²) in [5.41, 5.74) is 2.41. The Morgan fingerprint density at radius 1 is 1.44 bits per heavy atom. The van der Waals surface area contributed by atoms with Gasteiger partial charge in [0.25, 0.3) is 0 Å². The SMILES string of the molecule is CCc1ccccc1N(C)C(=S)Nc1nccs1. The maximum atomic E-state index is 5.40. The number of hydrogen-bond acceptors (Lipinski definition) is 3. The van der Waals surface area contributed by atoms with Crippen molar-refractivity contribution in [2.45, 2.75) is 13.3 Å². The van der Waals surface area contributed by atoms with Crippen LogP contribution in [0.15, 0.2) is 35.8 Å². The third kappa shape index (κ3) is 2.86. The minimum absolute atomic E-state index is 0.658. The summed E-state index contributed by atoms with van der Waals surface area (Å²) in [5.74, 6) is 0. The molecule has 0 bridgehead atoms. The molecule has 0 atom stereocenters. The maximum Gasteiger partial charge on any atom is 0.188 e. The van der Waals surface area contributed by atoms with Gasteiger partial charge < -0.3 is 10.2 Å². The number of hydrogen-bond donors (Lipinski definition) is 1. The zero-order valence-corrected chi connectivity index (χ0v) is 12.0. The van der Waals surface area contributed by atoms with Crippen LogP contribution >= 0.6 is 23.6 Å². The average Bonchev–Trinajstić information content (AvgIpc) is 2.90. The van der Waals surface area contributed by atoms with Gasteiger partial charge in [-0.1, -0.05) is 25.1 Å². The van der Waals surface area contributed by atoms with Gasteiger partial charge in [0, 0.05) is 24.3 Å². The lowest BCUT2D eigenvalue weighted by atomic mass is 10.1. The summed E-state index contributed by atoms with van der Waals surface area (Å²) in [6.45, 7) is 2.14. The number of nitrogens with one attached hydrogen (secondary N) is 1. The minimum atomic E-state index is 0.658. The monoisotopic (exact) mass is 277 g/mol. The number of rotatable bonds is 3. The molecule has 5 heteroatoms. The summed E-state index contributed by atoms with van der Waals surface area (Å²) in [6, 6.07) is 8.27. The van der Waals surface area contributed by atoms with E-state index in [1.54, 1.807) is 6.20 Å². The van der Waals surface area contributed by atoms with Crippen molar-refractivity contribution in [2.75, 3.05) is 17.3 Å². The summed E-state index contributed by atoms with van der Waals surface area (Å²) in [4.78, 5) is 6.15. The molecule has 94 valence electrons. The van der Waals surface area contributed by atoms with Gasteiger partial charge in [0.2, 0.25) is 0 Å². The summed E-state index contributed by atoms with van der Waals surface area (Å²) >= 11 is 6.93. The molecule has 3 nitrogen and oxygen atoms in total. The molecule has 0 amide bonds. The lowest BCUT2D eigenvalue weighted by Gasteiger charge is -2.22. The fourth-order valence-corrected chi connectivity index (χ4v) is 2.49. The average molecular weight is 277 g/mol. The zero-order chi connectivity index (χ0) is 13.0. The second kappa shape index (κ2) is 5.93. The molecule has 0 fully saturated rings. The van der Waals surface area contributed by atoms with Crippen molar-refractivity contribution in [2.24, 2.45) is 0 Å². The second-order valence-corrected chi connectivity index (χ2v) is 5.09. The maximum absolute atomic E-state index is 5.40. The van der Waals surface area contributed by atoms with E-state index in [1.165, 1.54) is 16.9 Å². The standard InChI is InChI=1S/C13H15N3S2/c1-3-10-6-4-5-7-11(10)16(2)13(17)15-12-14-8-9-18-12/h4-9H,3H2,1-2H3,(H,14,15,17). The summed E-state index contributed by atoms with van der Waals surface area (Å²) in [7, 11) is 1.97. The van der Waals surface area contributed by atoms with E-state index in [0.717, 1.165) is 17.2 Å². The Morgan fingerprint density at radius 2 is 2.22 bits per heavy atom. The van der Waals surface area contributed by atoms with Crippen LogP contribution in [0.4, 0.5) is 10.8 Å². The quantitative estimate of drug-likeness (QED) is 0.869. The number of thiazole rings is 1. The van der Waals surface area contributed by atoms with Crippen LogP contribution in [-0.2, 0) is 6.42 Å². The van der Waals surface area contributed by atoms with Crippen LogP contribution in [0.25, 0.3) is 0 Å². The topological polar surface area (TPSA) is 28.2 Å². The number of para-hydroxylation sites is 1. The van der Waals surface area contributed by atoms with Crippen molar-refractivity contribution in [3.8, 4) is 0 Å². The Morgan fingerprint density at radius 3 is 2.89 bits per heavy atom. The van der Waals surface area contributed by atoms with Crippen molar-refractivity contribution < 1.29 is 0 Å². The molecule has 0 spiro atoms. The molecule has 0 aliphatic carbocycles. The van der Waals surface area contributed by atoms with Crippen LogP contribution in [0.2, 0.25) is 0 Å². The van der Waals surface area contributed by atoms with E-state index in [4.69, 9.17) is 12.2 Å². The van der Waals surface area contributed by atoms with Gasteiger partial charge in [-0.25, -0.2) is 4.98 Å². The van der Waals surface area contributed by atoms with Gasteiger partial charge in [0.15, 0.2) is 10.2 Å². The third-order valence-corrected chi connectivity index (χ3v) is 3.75. The van der Waals surface area contributed by atoms with Gasteiger partial charge in [-0.2, -0.15) is 0 Å². The normalized spacial score (nSPS) is 10.1. The number of aromatic nitrogens is 1. The van der Waals surface area contributed by atoms with Crippen molar-refractivity contribution in [1.29, 1.82) is 0 Å². The van der Waals surface area contributed by atoms with Gasteiger partial charge >= 0.3 is 0 Å². The Hall–Kier alpha value is -1.46. The van der Waals surface area contributed by atoms with Crippen LogP contribution in [0.1, 0.15) is 12.5 Å². The van der Waals surface area contributed by atoms with E-state index in [-0.39, 0.29) is 0 Å². The molecule has 1 N–H and O–H groups in total. The van der Waals surface area contributed by atoms with E-state index in [2.05, 4.69) is 29.4 Å². The van der Waals surface area contributed by atoms with E-state index in [1.807, 2.05) is 29.5 Å². The molecule has 0 unspecified atom stereocenters. The second-order valence-electron chi connectivity index (χ2n) is 3.81. The summed E-state index contributed by atoms with van der Waals surface area (Å²) < 4.78 is 0. The molecule has 18 heavy (non-hydrogen) atoms. The highest BCUT2D eigenvalue weighted by molar-refractivity contribution is 7.80. The Labute approximate surface area is 116 Å². The first-order valence-electron chi connectivity index (χ1n) is 5.74. The number of aryl methyl sites for hydroxylation is 1. The molecule has 2 aromatic rings. The van der Waals surface area contributed by atoms with Crippen LogP contribution < -0.4 is 10.2 Å². The Kier molecular flexibility index (Phi) is 4.28. The number of benzene rings is 1. The molecule has 0 radical (unpaired) electrons. The van der Waals surface area contributed by atoms with E-state index in [0.29, 0.717) is 5.11 Å². The Bertz CT molecular complexity index is 523. The molecule has 2 rings (SSSR count). The van der Waals surface area contributed by atoms with Crippen molar-refractivity contribution in [3.05, 3.63) is 41.4 Å². The molecule has 0 aliphatic rings. The number of thiocarbonyl (C=S) groups is 1. The Balaban J connectivity index is 2.15. The number of nitrogens with zero attached hydrogens (tertiary/aromatic N) is 2. The van der Waals surface area contributed by atoms with E-state index >= 15 is 0 Å². The molecule has 0 aliphatic heterocycles. The first kappa shape index (κ1) is 13.0. The van der Waals surface area contributed by atoms with Gasteiger partial charge in [-0.05, 0) is 30.3 Å². The fourth-order valence-electron chi connectivity index (χ4n) is 1.71. The number of anilines is 2. The van der Waals surface area contributed by atoms with E-state index < -0.39 is 0 Å². The minimum Gasteiger partial charge on any atom is -0.322 e. The highest BCUT2D eigenvalue weighted by Gasteiger charge is 2.10. The van der Waals surface area contributed by atoms with Gasteiger partial charge in [-0.3, -0.25) is 0 Å². The van der Waals surface area contributed by atoms with Gasteiger partial charge in [-0.15, -0.1) is 11.3 Å². The van der Waals surface area contributed by atoms with Crippen LogP contribution in [0.3, 0.4) is 0 Å². The zero-order valence-electron chi connectivity index (χ0n) is 10.4. The van der Waals surface area contributed by atoms with Crippen LogP contribution in [-0.4, -0.2) is 17.1 Å². The molecular formula is C13H15N3S2. The third-order valence-electron chi connectivity index (χ3n) is 2.68. The summed E-state index contributed by atoms with van der Waals surface area (Å²) in [6.07, 6.45) is 2.75. The van der Waals surface area contributed by atoms with Gasteiger partial charge in [0.1, 0.15) is 0 Å². The van der Waals surface area contributed by atoms with Crippen molar-refractivity contribution >= 4 is 39.5 Å². The lowest BCUT2D eigenvalue weighted by molar-refractivity contribution is 1.11. The molecule has 0 saturated heterocycles. The molecular weight excluding hydrogens is 262 g/mol. The highest BCUT2D eigenvalue weighted by Crippen LogP contribution is 2.21. The molecule has 1 heterocycles. The predicted molar refractivity (Wildman–Crippen MR) is 82.6 cm³/mol. The van der Waals surface area contributed by atoms with Crippen molar-refractivity contribution in [3.63, 3.8) is 0 Å². The molecule has 1 aromatic heterocycles. The largest absolute Gasteiger partial charge is 0.322 e. The smallest absolute Gasteiger partial charge is 0.188 e. The van der Waals surface area contributed by atoms with Gasteiger partial charge in [0.05, 0.1) is 0 Å². The fraction of sp³-hybridized carbons (Fsp3) is 0.231. The first-order chi connectivity index (χ1) is 8.72.